The molecular weight excluding hydrogens is 256 g/mol. The molecule has 1 aromatic heterocycles. The Kier molecular flexibility index (Phi) is 5.67. The Balaban J connectivity index is 1.85. The van der Waals surface area contributed by atoms with Gasteiger partial charge in [-0.15, -0.1) is 5.10 Å². The van der Waals surface area contributed by atoms with Gasteiger partial charge < -0.3 is 15.2 Å². The van der Waals surface area contributed by atoms with Gasteiger partial charge in [-0.25, -0.2) is 4.68 Å². The van der Waals surface area contributed by atoms with E-state index in [4.69, 9.17) is 9.84 Å². The molecule has 0 aliphatic rings. The van der Waals surface area contributed by atoms with Crippen LogP contribution in [0.5, 0.6) is 0 Å². The van der Waals surface area contributed by atoms with Crippen LogP contribution in [-0.2, 0) is 24.4 Å². The Hall–Kier alpha value is -1.76. The molecule has 0 bridgehead atoms. The highest BCUT2D eigenvalue weighted by Crippen LogP contribution is 2.06. The second-order valence-corrected chi connectivity index (χ2v) is 4.55. The van der Waals surface area contributed by atoms with Crippen molar-refractivity contribution < 1.29 is 9.84 Å². The van der Waals surface area contributed by atoms with Crippen LogP contribution < -0.4 is 5.32 Å². The van der Waals surface area contributed by atoms with Gasteiger partial charge in [0.05, 0.1) is 31.6 Å². The number of benzene rings is 1. The Morgan fingerprint density at radius 3 is 2.70 bits per heavy atom. The van der Waals surface area contributed by atoms with Crippen LogP contribution in [0.3, 0.4) is 0 Å². The highest BCUT2D eigenvalue weighted by molar-refractivity contribution is 5.22. The van der Waals surface area contributed by atoms with Crippen molar-refractivity contribution in [1.29, 1.82) is 0 Å². The van der Waals surface area contributed by atoms with Gasteiger partial charge in [-0.1, -0.05) is 29.5 Å². The first kappa shape index (κ1) is 14.6. The third-order valence-electron chi connectivity index (χ3n) is 2.93. The summed E-state index contributed by atoms with van der Waals surface area (Å²) in [5.41, 5.74) is 2.95. The van der Waals surface area contributed by atoms with Gasteiger partial charge in [0, 0.05) is 20.2 Å². The molecule has 0 saturated carbocycles. The number of hydrogen-bond acceptors (Lipinski definition) is 5. The lowest BCUT2D eigenvalue weighted by Crippen LogP contribution is -2.18. The number of rotatable bonds is 8. The molecule has 1 heterocycles. The largest absolute Gasteiger partial charge is 0.392 e. The minimum atomic E-state index is 0.0703. The van der Waals surface area contributed by atoms with Crippen molar-refractivity contribution in [2.24, 2.45) is 0 Å². The van der Waals surface area contributed by atoms with Gasteiger partial charge in [-0.2, -0.15) is 0 Å². The van der Waals surface area contributed by atoms with E-state index in [1.165, 1.54) is 0 Å². The summed E-state index contributed by atoms with van der Waals surface area (Å²) in [7, 11) is 1.68. The number of nitrogens with one attached hydrogen (secondary N) is 1. The standard InChI is InChI=1S/C14H20N4O2/c1-20-7-6-15-8-14-10-18(17-16-14)9-12-2-4-13(11-19)5-3-12/h2-5,10,15,19H,6-9,11H2,1H3. The molecule has 2 rings (SSSR count). The molecule has 20 heavy (non-hydrogen) atoms. The summed E-state index contributed by atoms with van der Waals surface area (Å²) in [6.45, 7) is 2.92. The van der Waals surface area contributed by atoms with E-state index in [-0.39, 0.29) is 6.61 Å². The summed E-state index contributed by atoms with van der Waals surface area (Å²) >= 11 is 0. The Morgan fingerprint density at radius 2 is 2.00 bits per heavy atom. The van der Waals surface area contributed by atoms with Gasteiger partial charge >= 0.3 is 0 Å². The first-order valence-corrected chi connectivity index (χ1v) is 6.59. The van der Waals surface area contributed by atoms with Gasteiger partial charge in [-0.05, 0) is 11.1 Å². The molecule has 0 aliphatic heterocycles. The monoisotopic (exact) mass is 276 g/mol. The lowest BCUT2D eigenvalue weighted by Gasteiger charge is -2.02. The fraction of sp³-hybridized carbons (Fsp3) is 0.429. The predicted octanol–water partition coefficient (Wildman–Crippen LogP) is 0.555. The van der Waals surface area contributed by atoms with E-state index in [9.17, 15) is 0 Å². The second-order valence-electron chi connectivity index (χ2n) is 4.55. The molecule has 0 spiro atoms. The molecule has 0 saturated heterocycles. The lowest BCUT2D eigenvalue weighted by atomic mass is 10.1. The fourth-order valence-corrected chi connectivity index (χ4v) is 1.82. The average molecular weight is 276 g/mol. The first-order chi connectivity index (χ1) is 9.81. The molecule has 0 fully saturated rings. The molecule has 2 N–H and O–H groups in total. The molecule has 0 unspecified atom stereocenters. The summed E-state index contributed by atoms with van der Waals surface area (Å²) in [5, 5.41) is 20.4. The molecule has 1 aromatic carbocycles. The molecule has 0 radical (unpaired) electrons. The van der Waals surface area contributed by atoms with E-state index < -0.39 is 0 Å². The summed E-state index contributed by atoms with van der Waals surface area (Å²) in [5.74, 6) is 0. The third kappa shape index (κ3) is 4.41. The minimum absolute atomic E-state index is 0.0703. The zero-order valence-electron chi connectivity index (χ0n) is 11.6. The van der Waals surface area contributed by atoms with Crippen molar-refractivity contribution in [2.45, 2.75) is 19.7 Å². The maximum absolute atomic E-state index is 9.00. The molecule has 0 atom stereocenters. The Morgan fingerprint density at radius 1 is 1.25 bits per heavy atom. The van der Waals surface area contributed by atoms with Crippen LogP contribution >= 0.6 is 0 Å². The molecule has 6 heteroatoms. The SMILES string of the molecule is COCCNCc1cn(Cc2ccc(CO)cc2)nn1. The van der Waals surface area contributed by atoms with E-state index in [0.29, 0.717) is 19.7 Å². The number of nitrogens with zero attached hydrogens (tertiary/aromatic N) is 3. The smallest absolute Gasteiger partial charge is 0.0964 e. The number of ether oxygens (including phenoxy) is 1. The van der Waals surface area contributed by atoms with Crippen LogP contribution in [0.25, 0.3) is 0 Å². The number of methoxy groups -OCH3 is 1. The summed E-state index contributed by atoms with van der Waals surface area (Å²) in [6, 6.07) is 7.81. The minimum Gasteiger partial charge on any atom is -0.392 e. The van der Waals surface area contributed by atoms with E-state index in [1.807, 2.05) is 30.5 Å². The normalized spacial score (nSPS) is 10.9. The van der Waals surface area contributed by atoms with Gasteiger partial charge in [0.15, 0.2) is 0 Å². The summed E-state index contributed by atoms with van der Waals surface area (Å²) < 4.78 is 6.77. The van der Waals surface area contributed by atoms with Gasteiger partial charge in [0.25, 0.3) is 0 Å². The quantitative estimate of drug-likeness (QED) is 0.689. The number of hydrogen-bond donors (Lipinski definition) is 2. The first-order valence-electron chi connectivity index (χ1n) is 6.59. The lowest BCUT2D eigenvalue weighted by molar-refractivity contribution is 0.199. The molecule has 108 valence electrons. The second kappa shape index (κ2) is 7.74. The molecule has 0 aliphatic carbocycles. The highest BCUT2D eigenvalue weighted by atomic mass is 16.5. The van der Waals surface area contributed by atoms with Crippen LogP contribution in [-0.4, -0.2) is 40.4 Å². The summed E-state index contributed by atoms with van der Waals surface area (Å²) in [4.78, 5) is 0. The Bertz CT molecular complexity index is 510. The van der Waals surface area contributed by atoms with Gasteiger partial charge in [-0.3, -0.25) is 0 Å². The molecule has 6 nitrogen and oxygen atoms in total. The van der Waals surface area contributed by atoms with Crippen LogP contribution in [0.4, 0.5) is 0 Å². The van der Waals surface area contributed by atoms with Crippen molar-refractivity contribution in [3.8, 4) is 0 Å². The van der Waals surface area contributed by atoms with Crippen molar-refractivity contribution in [1.82, 2.24) is 20.3 Å². The van der Waals surface area contributed by atoms with Crippen molar-refractivity contribution in [2.75, 3.05) is 20.3 Å². The molecule has 0 amide bonds. The highest BCUT2D eigenvalue weighted by Gasteiger charge is 2.01. The Labute approximate surface area is 118 Å². The van der Waals surface area contributed by atoms with Crippen LogP contribution in [0.15, 0.2) is 30.5 Å². The molecule has 2 aromatic rings. The number of aliphatic hydroxyl groups is 1. The van der Waals surface area contributed by atoms with Crippen molar-refractivity contribution in [3.63, 3.8) is 0 Å². The molecular formula is C14H20N4O2. The van der Waals surface area contributed by atoms with Gasteiger partial charge in [0.1, 0.15) is 0 Å². The van der Waals surface area contributed by atoms with Crippen molar-refractivity contribution >= 4 is 0 Å². The van der Waals surface area contributed by atoms with Crippen LogP contribution in [0.1, 0.15) is 16.8 Å². The average Bonchev–Trinajstić information content (AvgIpc) is 2.92. The van der Waals surface area contributed by atoms with E-state index in [1.54, 1.807) is 11.8 Å². The van der Waals surface area contributed by atoms with E-state index in [0.717, 1.165) is 23.4 Å². The van der Waals surface area contributed by atoms with Crippen molar-refractivity contribution in [3.05, 3.63) is 47.3 Å². The number of aliphatic hydroxyl groups excluding tert-OH is 1. The maximum atomic E-state index is 9.00. The van der Waals surface area contributed by atoms with Gasteiger partial charge in [0.2, 0.25) is 0 Å². The third-order valence-corrected chi connectivity index (χ3v) is 2.93. The summed E-state index contributed by atoms with van der Waals surface area (Å²) in [6.07, 6.45) is 1.93. The zero-order valence-corrected chi connectivity index (χ0v) is 11.6. The van der Waals surface area contributed by atoms with E-state index >= 15 is 0 Å². The number of aromatic nitrogens is 3. The zero-order chi connectivity index (χ0) is 14.2. The van der Waals surface area contributed by atoms with Crippen LogP contribution in [0, 0.1) is 0 Å². The maximum Gasteiger partial charge on any atom is 0.0964 e. The van der Waals surface area contributed by atoms with E-state index in [2.05, 4.69) is 15.6 Å². The predicted molar refractivity (Wildman–Crippen MR) is 75.1 cm³/mol. The fourth-order valence-electron chi connectivity index (χ4n) is 1.82. The topological polar surface area (TPSA) is 72.2 Å². The van der Waals surface area contributed by atoms with Crippen LogP contribution in [0.2, 0.25) is 0 Å².